The lowest BCUT2D eigenvalue weighted by atomic mass is 9.80. The molecule has 2 heterocycles. The van der Waals surface area contributed by atoms with Gasteiger partial charge in [-0.15, -0.1) is 23.4 Å². The zero-order valence-electron chi connectivity index (χ0n) is 18.7. The molecule has 0 saturated heterocycles. The summed E-state index contributed by atoms with van der Waals surface area (Å²) in [5.41, 5.74) is 0.761. The van der Waals surface area contributed by atoms with Gasteiger partial charge in [0, 0.05) is 28.7 Å². The Morgan fingerprint density at radius 2 is 1.77 bits per heavy atom. The normalized spacial score (nSPS) is 24.8. The Kier molecular flexibility index (Phi) is 6.67. The Hall–Kier alpha value is -2.72. The van der Waals surface area contributed by atoms with E-state index in [4.69, 9.17) is 16.0 Å². The van der Waals surface area contributed by atoms with E-state index in [0.29, 0.717) is 29.0 Å². The van der Waals surface area contributed by atoms with Gasteiger partial charge in [-0.1, -0.05) is 11.6 Å². The van der Waals surface area contributed by atoms with Crippen LogP contribution in [0.1, 0.15) is 68.6 Å². The van der Waals surface area contributed by atoms with Crippen LogP contribution in [0.2, 0.25) is 5.02 Å². The first-order valence-electron chi connectivity index (χ1n) is 11.7. The fraction of sp³-hybridized carbons (Fsp3) is 0.500. The number of carbonyl (C=O) groups is 1. The van der Waals surface area contributed by atoms with Crippen molar-refractivity contribution in [3.63, 3.8) is 0 Å². The number of halogens is 4. The molecule has 1 aromatic carbocycles. The molecule has 1 amide bonds. The highest BCUT2D eigenvalue weighted by Crippen LogP contribution is 2.42. The minimum atomic E-state index is -4.62. The summed E-state index contributed by atoms with van der Waals surface area (Å²) in [5, 5.41) is 12.6. The minimum Gasteiger partial charge on any atom is -0.425 e. The minimum absolute atomic E-state index is 0.0741. The van der Waals surface area contributed by atoms with Crippen molar-refractivity contribution < 1.29 is 27.1 Å². The molecule has 0 radical (unpaired) electrons. The first-order chi connectivity index (χ1) is 16.7. The molecule has 2 aliphatic carbocycles. The van der Waals surface area contributed by atoms with Gasteiger partial charge in [-0.05, 0) is 74.8 Å². The van der Waals surface area contributed by atoms with Gasteiger partial charge < -0.3 is 9.73 Å². The van der Waals surface area contributed by atoms with E-state index in [1.165, 1.54) is 0 Å². The lowest BCUT2D eigenvalue weighted by molar-refractivity contribution is -0.352. The van der Waals surface area contributed by atoms with Crippen LogP contribution in [0.4, 0.5) is 19.0 Å². The van der Waals surface area contributed by atoms with Crippen molar-refractivity contribution in [3.05, 3.63) is 47.1 Å². The second-order valence-electron chi connectivity index (χ2n) is 9.34. The number of alkyl halides is 3. The number of benzene rings is 1. The maximum Gasteiger partial charge on any atom is 0.522 e. The van der Waals surface area contributed by atoms with Crippen LogP contribution in [0.5, 0.6) is 0 Å². The molecule has 5 rings (SSSR count). The molecule has 2 aliphatic rings. The van der Waals surface area contributed by atoms with Crippen molar-refractivity contribution in [1.82, 2.24) is 15.2 Å². The molecule has 186 valence electrons. The van der Waals surface area contributed by atoms with Crippen LogP contribution in [0, 0.1) is 5.92 Å². The van der Waals surface area contributed by atoms with E-state index >= 15 is 0 Å². The average molecular weight is 509 g/mol. The lowest BCUT2D eigenvalue weighted by Gasteiger charge is -2.32. The topological polar surface area (TPSA) is 90.1 Å². The van der Waals surface area contributed by atoms with Crippen molar-refractivity contribution in [2.75, 3.05) is 5.32 Å². The molecule has 11 heteroatoms. The van der Waals surface area contributed by atoms with Crippen LogP contribution >= 0.6 is 11.6 Å². The number of amides is 1. The van der Waals surface area contributed by atoms with E-state index in [9.17, 15) is 18.0 Å². The fourth-order valence-corrected chi connectivity index (χ4v) is 5.05. The zero-order chi connectivity index (χ0) is 24.6. The molecule has 1 N–H and O–H groups in total. The standard InChI is InChI=1S/C24H24ClF3N4O3/c25-17-6-7-19-15(10-17)5-8-20(29-19)30-21(33)9-13-1-3-14(4-2-13)22-31-32-23(34-22)16-11-18(12-16)35-24(26,27)28/h5-8,10,13-14,16,18H,1-4,9,11-12H2,(H,29,30,33). The molecule has 3 aromatic rings. The third-order valence-electron chi connectivity index (χ3n) is 6.79. The zero-order valence-corrected chi connectivity index (χ0v) is 19.5. The van der Waals surface area contributed by atoms with Crippen LogP contribution in [0.15, 0.2) is 34.7 Å². The number of hydrogen-bond donors (Lipinski definition) is 1. The smallest absolute Gasteiger partial charge is 0.425 e. The van der Waals surface area contributed by atoms with Gasteiger partial charge in [0.1, 0.15) is 5.82 Å². The first kappa shape index (κ1) is 24.0. The fourth-order valence-electron chi connectivity index (χ4n) is 4.86. The third kappa shape index (κ3) is 5.92. The monoisotopic (exact) mass is 508 g/mol. The number of anilines is 1. The van der Waals surface area contributed by atoms with E-state index in [2.05, 4.69) is 25.2 Å². The van der Waals surface area contributed by atoms with Gasteiger partial charge in [0.25, 0.3) is 0 Å². The molecule has 0 aliphatic heterocycles. The summed E-state index contributed by atoms with van der Waals surface area (Å²) in [6.07, 6.45) is -1.27. The maximum absolute atomic E-state index is 12.6. The van der Waals surface area contributed by atoms with Crippen molar-refractivity contribution in [3.8, 4) is 0 Å². The van der Waals surface area contributed by atoms with Gasteiger partial charge >= 0.3 is 6.36 Å². The largest absolute Gasteiger partial charge is 0.522 e. The van der Waals surface area contributed by atoms with Crippen molar-refractivity contribution in [2.45, 2.75) is 69.2 Å². The molecule has 2 saturated carbocycles. The Morgan fingerprint density at radius 1 is 1.06 bits per heavy atom. The summed E-state index contributed by atoms with van der Waals surface area (Å²) in [6.45, 7) is 0. The Morgan fingerprint density at radius 3 is 2.49 bits per heavy atom. The van der Waals surface area contributed by atoms with E-state index in [1.54, 1.807) is 12.1 Å². The third-order valence-corrected chi connectivity index (χ3v) is 7.02. The second kappa shape index (κ2) is 9.73. The Labute approximate surface area is 204 Å². The number of aromatic nitrogens is 3. The Balaban J connectivity index is 1.08. The van der Waals surface area contributed by atoms with Gasteiger partial charge in [0.15, 0.2) is 0 Å². The number of fused-ring (bicyclic) bond motifs is 1. The number of nitrogens with one attached hydrogen (secondary N) is 1. The predicted molar refractivity (Wildman–Crippen MR) is 122 cm³/mol. The van der Waals surface area contributed by atoms with Gasteiger partial charge in [-0.3, -0.25) is 9.53 Å². The Bertz CT molecular complexity index is 1200. The molecule has 0 spiro atoms. The van der Waals surface area contributed by atoms with Gasteiger partial charge in [0.05, 0.1) is 11.6 Å². The maximum atomic E-state index is 12.6. The molecule has 7 nitrogen and oxygen atoms in total. The summed E-state index contributed by atoms with van der Waals surface area (Å²) >= 11 is 6.00. The lowest BCUT2D eigenvalue weighted by Crippen LogP contribution is -2.34. The summed E-state index contributed by atoms with van der Waals surface area (Å²) in [7, 11) is 0. The highest BCUT2D eigenvalue weighted by Gasteiger charge is 2.42. The van der Waals surface area contributed by atoms with Gasteiger partial charge in [0.2, 0.25) is 17.7 Å². The second-order valence-corrected chi connectivity index (χ2v) is 9.77. The van der Waals surface area contributed by atoms with Crippen molar-refractivity contribution >= 4 is 34.2 Å². The molecule has 0 bridgehead atoms. The molecule has 0 atom stereocenters. The summed E-state index contributed by atoms with van der Waals surface area (Å²) in [4.78, 5) is 17.0. The highest BCUT2D eigenvalue weighted by molar-refractivity contribution is 6.31. The predicted octanol–water partition coefficient (Wildman–Crippen LogP) is 6.36. The van der Waals surface area contributed by atoms with E-state index < -0.39 is 12.5 Å². The van der Waals surface area contributed by atoms with Crippen molar-refractivity contribution in [1.29, 1.82) is 0 Å². The van der Waals surface area contributed by atoms with Gasteiger partial charge in [-0.25, -0.2) is 4.98 Å². The van der Waals surface area contributed by atoms with E-state index in [0.717, 1.165) is 36.6 Å². The first-order valence-corrected chi connectivity index (χ1v) is 12.0. The summed E-state index contributed by atoms with van der Waals surface area (Å²) in [5.74, 6) is 1.51. The van der Waals surface area contributed by atoms with Crippen LogP contribution in [0.25, 0.3) is 10.9 Å². The van der Waals surface area contributed by atoms with Crippen LogP contribution in [-0.4, -0.2) is 33.6 Å². The molecule has 2 aromatic heterocycles. The summed E-state index contributed by atoms with van der Waals surface area (Å²) < 4.78 is 46.7. The van der Waals surface area contributed by atoms with Crippen LogP contribution < -0.4 is 5.32 Å². The number of carbonyl (C=O) groups excluding carboxylic acids is 1. The molecule has 35 heavy (non-hydrogen) atoms. The van der Waals surface area contributed by atoms with E-state index in [-0.39, 0.29) is 36.5 Å². The SMILES string of the molecule is O=C(CC1CCC(c2nnc(C3CC(OC(F)(F)F)C3)o2)CC1)Nc1ccc2cc(Cl)ccc2n1. The number of nitrogens with zero attached hydrogens (tertiary/aromatic N) is 3. The van der Waals surface area contributed by atoms with Gasteiger partial charge in [-0.2, -0.15) is 0 Å². The quantitative estimate of drug-likeness (QED) is 0.417. The molecular formula is C24H24ClF3N4O3. The molecule has 0 unspecified atom stereocenters. The van der Waals surface area contributed by atoms with E-state index in [1.807, 2.05) is 18.2 Å². The number of ether oxygens (including phenoxy) is 1. The molecule has 2 fully saturated rings. The number of hydrogen-bond acceptors (Lipinski definition) is 6. The number of rotatable bonds is 6. The number of pyridine rings is 1. The molecular weight excluding hydrogens is 485 g/mol. The average Bonchev–Trinajstić information content (AvgIpc) is 3.25. The highest BCUT2D eigenvalue weighted by atomic mass is 35.5. The van der Waals surface area contributed by atoms with Crippen LogP contribution in [-0.2, 0) is 9.53 Å². The van der Waals surface area contributed by atoms with Crippen LogP contribution in [0.3, 0.4) is 0 Å². The summed E-state index contributed by atoms with van der Waals surface area (Å²) in [6, 6.07) is 9.04. The van der Waals surface area contributed by atoms with Crippen molar-refractivity contribution in [2.24, 2.45) is 5.92 Å².